The van der Waals surface area contributed by atoms with E-state index in [1.807, 2.05) is 0 Å². The molecule has 0 radical (unpaired) electrons. The molecular weight excluding hydrogens is 234 g/mol. The van der Waals surface area contributed by atoms with Gasteiger partial charge in [0.1, 0.15) is 12.1 Å². The van der Waals surface area contributed by atoms with Gasteiger partial charge in [0, 0.05) is 30.2 Å². The molecule has 94 valence electrons. The van der Waals surface area contributed by atoms with Crippen LogP contribution in [0.3, 0.4) is 0 Å². The maximum atomic E-state index is 6.04. The third kappa shape index (κ3) is 2.89. The van der Waals surface area contributed by atoms with Crippen molar-refractivity contribution in [2.75, 3.05) is 17.3 Å². The molecule has 1 unspecified atom stereocenters. The van der Waals surface area contributed by atoms with Gasteiger partial charge in [0.05, 0.1) is 0 Å². The van der Waals surface area contributed by atoms with Crippen molar-refractivity contribution in [1.29, 1.82) is 0 Å². The lowest BCUT2D eigenvalue weighted by atomic mass is 10.0. The van der Waals surface area contributed by atoms with Crippen LogP contribution in [0, 0.1) is 0 Å². The number of rotatable bonds is 3. The van der Waals surface area contributed by atoms with Crippen LogP contribution in [0.1, 0.15) is 44.7 Å². The fourth-order valence-electron chi connectivity index (χ4n) is 2.30. The second kappa shape index (κ2) is 5.67. The topological polar surface area (TPSA) is 29.0 Å². The maximum Gasteiger partial charge on any atom is 0.132 e. The predicted molar refractivity (Wildman–Crippen MR) is 71.8 cm³/mol. The molecule has 1 aliphatic rings. The first-order valence-corrected chi connectivity index (χ1v) is 6.90. The van der Waals surface area contributed by atoms with E-state index in [1.54, 1.807) is 6.33 Å². The number of hydrogen-bond acceptors (Lipinski definition) is 3. The molecular formula is C13H20ClN3. The molecule has 1 atom stereocenters. The summed E-state index contributed by atoms with van der Waals surface area (Å²) in [6.07, 6.45) is 5.35. The van der Waals surface area contributed by atoms with Gasteiger partial charge in [0.25, 0.3) is 0 Å². The van der Waals surface area contributed by atoms with E-state index in [1.165, 1.54) is 19.3 Å². The summed E-state index contributed by atoms with van der Waals surface area (Å²) in [7, 11) is 0. The predicted octanol–water partition coefficient (Wildman–Crippen LogP) is 3.20. The maximum absolute atomic E-state index is 6.04. The molecule has 4 heteroatoms. The zero-order valence-electron chi connectivity index (χ0n) is 10.6. The molecule has 1 fully saturated rings. The van der Waals surface area contributed by atoms with Crippen LogP contribution in [0.4, 0.5) is 5.82 Å². The van der Waals surface area contributed by atoms with Crippen LogP contribution >= 0.6 is 11.6 Å². The van der Waals surface area contributed by atoms with Gasteiger partial charge in [-0.3, -0.25) is 0 Å². The average molecular weight is 254 g/mol. The van der Waals surface area contributed by atoms with E-state index in [2.05, 4.69) is 34.8 Å². The highest BCUT2D eigenvalue weighted by molar-refractivity contribution is 6.18. The standard InChI is InChI=1S/C13H20ClN3/c1-10(2)12-7-13(16-9-15-12)17-6-4-3-5-11(17)8-14/h7,9-11H,3-6,8H2,1-2H3. The summed E-state index contributed by atoms with van der Waals surface area (Å²) in [6.45, 7) is 5.37. The highest BCUT2D eigenvalue weighted by Crippen LogP contribution is 2.25. The molecule has 2 rings (SSSR count). The summed E-state index contributed by atoms with van der Waals surface area (Å²) in [5, 5.41) is 0. The van der Waals surface area contributed by atoms with Gasteiger partial charge < -0.3 is 4.90 Å². The number of anilines is 1. The summed E-state index contributed by atoms with van der Waals surface area (Å²) in [5.41, 5.74) is 1.11. The molecule has 1 aromatic rings. The third-order valence-corrected chi connectivity index (χ3v) is 3.72. The number of hydrogen-bond donors (Lipinski definition) is 0. The van der Waals surface area contributed by atoms with Crippen molar-refractivity contribution in [3.63, 3.8) is 0 Å². The Hall–Kier alpha value is -0.830. The van der Waals surface area contributed by atoms with Crippen molar-refractivity contribution in [2.45, 2.75) is 45.1 Å². The summed E-state index contributed by atoms with van der Waals surface area (Å²) in [5.74, 6) is 2.16. The van der Waals surface area contributed by atoms with Gasteiger partial charge in [-0.25, -0.2) is 9.97 Å². The number of halogens is 1. The fourth-order valence-corrected chi connectivity index (χ4v) is 2.62. The normalized spacial score (nSPS) is 20.9. The van der Waals surface area contributed by atoms with Gasteiger partial charge in [0.15, 0.2) is 0 Å². The van der Waals surface area contributed by atoms with Crippen molar-refractivity contribution >= 4 is 17.4 Å². The molecule has 0 spiro atoms. The number of nitrogens with zero attached hydrogens (tertiary/aromatic N) is 3. The highest BCUT2D eigenvalue weighted by atomic mass is 35.5. The first-order valence-electron chi connectivity index (χ1n) is 6.37. The first kappa shape index (κ1) is 12.6. The Labute approximate surface area is 108 Å². The Bertz CT molecular complexity index is 367. The van der Waals surface area contributed by atoms with E-state index >= 15 is 0 Å². The van der Waals surface area contributed by atoms with Crippen LogP contribution in [0.5, 0.6) is 0 Å². The summed E-state index contributed by atoms with van der Waals surface area (Å²) in [4.78, 5) is 11.1. The lowest BCUT2D eigenvalue weighted by molar-refractivity contribution is 0.484. The number of piperidine rings is 1. The minimum atomic E-state index is 0.431. The smallest absolute Gasteiger partial charge is 0.132 e. The number of aromatic nitrogens is 2. The first-order chi connectivity index (χ1) is 8.22. The highest BCUT2D eigenvalue weighted by Gasteiger charge is 2.23. The molecule has 0 saturated carbocycles. The molecule has 0 bridgehead atoms. The molecule has 1 saturated heterocycles. The molecule has 3 nitrogen and oxygen atoms in total. The summed E-state index contributed by atoms with van der Waals surface area (Å²) in [6, 6.07) is 2.54. The van der Waals surface area contributed by atoms with Crippen LogP contribution in [0.15, 0.2) is 12.4 Å². The lowest BCUT2D eigenvalue weighted by Crippen LogP contribution is -2.41. The van der Waals surface area contributed by atoms with Gasteiger partial charge in [-0.05, 0) is 25.2 Å². The Kier molecular flexibility index (Phi) is 4.21. The van der Waals surface area contributed by atoms with Crippen LogP contribution < -0.4 is 4.90 Å². The Morgan fingerprint density at radius 3 is 2.94 bits per heavy atom. The molecule has 0 aromatic carbocycles. The third-order valence-electron chi connectivity index (χ3n) is 3.36. The van der Waals surface area contributed by atoms with Crippen molar-refractivity contribution in [2.24, 2.45) is 0 Å². The van der Waals surface area contributed by atoms with Crippen molar-refractivity contribution in [1.82, 2.24) is 9.97 Å². The van der Waals surface area contributed by atoms with Gasteiger partial charge in [-0.15, -0.1) is 11.6 Å². The van der Waals surface area contributed by atoms with E-state index in [9.17, 15) is 0 Å². The van der Waals surface area contributed by atoms with Crippen LogP contribution in [0.25, 0.3) is 0 Å². The van der Waals surface area contributed by atoms with Crippen molar-refractivity contribution in [3.05, 3.63) is 18.1 Å². The molecule has 1 aromatic heterocycles. The van der Waals surface area contributed by atoms with E-state index in [-0.39, 0.29) is 0 Å². The Balaban J connectivity index is 2.22. The SMILES string of the molecule is CC(C)c1cc(N2CCCCC2CCl)ncn1. The average Bonchev–Trinajstić information content (AvgIpc) is 2.39. The molecule has 2 heterocycles. The van der Waals surface area contributed by atoms with Crippen LogP contribution in [-0.2, 0) is 0 Å². The molecule has 1 aliphatic heterocycles. The summed E-state index contributed by atoms with van der Waals surface area (Å²) >= 11 is 6.04. The van der Waals surface area contributed by atoms with Crippen LogP contribution in [-0.4, -0.2) is 28.4 Å². The second-order valence-corrected chi connectivity index (χ2v) is 5.26. The zero-order chi connectivity index (χ0) is 12.3. The van der Waals surface area contributed by atoms with E-state index in [0.29, 0.717) is 17.8 Å². The van der Waals surface area contributed by atoms with Gasteiger partial charge in [-0.1, -0.05) is 13.8 Å². The second-order valence-electron chi connectivity index (χ2n) is 4.95. The van der Waals surface area contributed by atoms with E-state index < -0.39 is 0 Å². The van der Waals surface area contributed by atoms with Gasteiger partial charge in [-0.2, -0.15) is 0 Å². The minimum absolute atomic E-state index is 0.431. The monoisotopic (exact) mass is 253 g/mol. The van der Waals surface area contributed by atoms with Crippen molar-refractivity contribution in [3.8, 4) is 0 Å². The molecule has 17 heavy (non-hydrogen) atoms. The largest absolute Gasteiger partial charge is 0.352 e. The quantitative estimate of drug-likeness (QED) is 0.775. The minimum Gasteiger partial charge on any atom is -0.352 e. The molecule has 0 amide bonds. The lowest BCUT2D eigenvalue weighted by Gasteiger charge is -2.35. The molecule has 0 N–H and O–H groups in total. The Morgan fingerprint density at radius 1 is 1.41 bits per heavy atom. The van der Waals surface area contributed by atoms with E-state index in [4.69, 9.17) is 11.6 Å². The Morgan fingerprint density at radius 2 is 2.24 bits per heavy atom. The van der Waals surface area contributed by atoms with Crippen molar-refractivity contribution < 1.29 is 0 Å². The number of alkyl halides is 1. The van der Waals surface area contributed by atoms with Gasteiger partial charge in [0.2, 0.25) is 0 Å². The molecule has 0 aliphatic carbocycles. The summed E-state index contributed by atoms with van der Waals surface area (Å²) < 4.78 is 0. The van der Waals surface area contributed by atoms with E-state index in [0.717, 1.165) is 18.1 Å². The zero-order valence-corrected chi connectivity index (χ0v) is 11.3. The van der Waals surface area contributed by atoms with Crippen LogP contribution in [0.2, 0.25) is 0 Å². The fraction of sp³-hybridized carbons (Fsp3) is 0.692. The van der Waals surface area contributed by atoms with Gasteiger partial charge >= 0.3 is 0 Å².